The Morgan fingerprint density at radius 1 is 1.09 bits per heavy atom. The van der Waals surface area contributed by atoms with Crippen LogP contribution in [0.4, 0.5) is 0 Å². The number of nitrogens with zero attached hydrogens (tertiary/aromatic N) is 1. The summed E-state index contributed by atoms with van der Waals surface area (Å²) >= 11 is 5.93. The molecule has 22 heavy (non-hydrogen) atoms. The summed E-state index contributed by atoms with van der Waals surface area (Å²) in [6, 6.07) is 15.7. The molecule has 0 saturated carbocycles. The zero-order valence-electron chi connectivity index (χ0n) is 12.5. The Bertz CT molecular complexity index is 834. The number of benzene rings is 2. The molecule has 0 radical (unpaired) electrons. The zero-order chi connectivity index (χ0) is 15.7. The molecule has 0 N–H and O–H groups in total. The number of fused-ring (bicyclic) bond motifs is 1. The van der Waals surface area contributed by atoms with Crippen LogP contribution >= 0.6 is 11.6 Å². The van der Waals surface area contributed by atoms with E-state index in [0.717, 1.165) is 22.0 Å². The average molecular weight is 314 g/mol. The lowest BCUT2D eigenvalue weighted by molar-refractivity contribution is 0.0516. The van der Waals surface area contributed by atoms with Crippen molar-refractivity contribution in [3.05, 3.63) is 59.2 Å². The van der Waals surface area contributed by atoms with Gasteiger partial charge in [-0.3, -0.25) is 0 Å². The van der Waals surface area contributed by atoms with Gasteiger partial charge in [-0.1, -0.05) is 35.9 Å². The standard InChI is InChI=1S/C18H16ClNO2/c1-3-22-18(21)17-11-14-5-4-13(10-16(14)20(17)2)12-6-8-15(19)9-7-12/h4-11H,3H2,1-2H3. The molecular formula is C18H16ClNO2. The SMILES string of the molecule is CCOC(=O)c1cc2ccc(-c3ccc(Cl)cc3)cc2n1C. The minimum Gasteiger partial charge on any atom is -0.461 e. The van der Waals surface area contributed by atoms with Crippen LogP contribution in [0.2, 0.25) is 5.02 Å². The molecule has 3 nitrogen and oxygen atoms in total. The number of rotatable bonds is 3. The molecule has 0 aliphatic rings. The first kappa shape index (κ1) is 14.7. The Labute approximate surface area is 134 Å². The van der Waals surface area contributed by atoms with E-state index in [0.29, 0.717) is 17.3 Å². The van der Waals surface area contributed by atoms with Crippen LogP contribution in [0.3, 0.4) is 0 Å². The molecule has 0 atom stereocenters. The molecule has 1 heterocycles. The van der Waals surface area contributed by atoms with Gasteiger partial charge in [-0.2, -0.15) is 0 Å². The molecule has 0 amide bonds. The predicted octanol–water partition coefficient (Wildman–Crippen LogP) is 4.68. The zero-order valence-corrected chi connectivity index (χ0v) is 13.2. The summed E-state index contributed by atoms with van der Waals surface area (Å²) in [5.74, 6) is -0.297. The summed E-state index contributed by atoms with van der Waals surface area (Å²) in [4.78, 5) is 12.0. The molecule has 4 heteroatoms. The van der Waals surface area contributed by atoms with E-state index < -0.39 is 0 Å². The summed E-state index contributed by atoms with van der Waals surface area (Å²) in [7, 11) is 1.88. The van der Waals surface area contributed by atoms with Crippen molar-refractivity contribution in [2.45, 2.75) is 6.92 Å². The fourth-order valence-electron chi connectivity index (χ4n) is 2.55. The van der Waals surface area contributed by atoms with E-state index in [1.807, 2.05) is 54.1 Å². The van der Waals surface area contributed by atoms with Crippen molar-refractivity contribution >= 4 is 28.5 Å². The Kier molecular flexibility index (Phi) is 3.90. The third-order valence-electron chi connectivity index (χ3n) is 3.71. The summed E-state index contributed by atoms with van der Waals surface area (Å²) in [6.07, 6.45) is 0. The Balaban J connectivity index is 2.08. The Hall–Kier alpha value is -2.26. The van der Waals surface area contributed by atoms with Gasteiger partial charge in [-0.25, -0.2) is 4.79 Å². The molecular weight excluding hydrogens is 298 g/mol. The lowest BCUT2D eigenvalue weighted by Crippen LogP contribution is -2.09. The monoisotopic (exact) mass is 313 g/mol. The largest absolute Gasteiger partial charge is 0.461 e. The molecule has 2 aromatic carbocycles. The summed E-state index contributed by atoms with van der Waals surface area (Å²) in [5.41, 5.74) is 3.73. The van der Waals surface area contributed by atoms with Crippen molar-refractivity contribution < 1.29 is 9.53 Å². The van der Waals surface area contributed by atoms with Gasteiger partial charge in [0.15, 0.2) is 0 Å². The highest BCUT2D eigenvalue weighted by Gasteiger charge is 2.14. The number of aromatic nitrogens is 1. The number of hydrogen-bond donors (Lipinski definition) is 0. The van der Waals surface area contributed by atoms with E-state index in [1.165, 1.54) is 0 Å². The minimum atomic E-state index is -0.297. The molecule has 0 fully saturated rings. The molecule has 112 valence electrons. The third kappa shape index (κ3) is 2.60. The number of esters is 1. The van der Waals surface area contributed by atoms with Crippen LogP contribution in [0, 0.1) is 0 Å². The van der Waals surface area contributed by atoms with Gasteiger partial charge in [0.1, 0.15) is 5.69 Å². The Morgan fingerprint density at radius 3 is 2.45 bits per heavy atom. The predicted molar refractivity (Wildman–Crippen MR) is 89.3 cm³/mol. The minimum absolute atomic E-state index is 0.297. The lowest BCUT2D eigenvalue weighted by atomic mass is 10.0. The van der Waals surface area contributed by atoms with Crippen LogP contribution in [0.25, 0.3) is 22.0 Å². The number of ether oxygens (including phenoxy) is 1. The van der Waals surface area contributed by atoms with Crippen molar-refractivity contribution in [1.29, 1.82) is 0 Å². The van der Waals surface area contributed by atoms with E-state index in [2.05, 4.69) is 6.07 Å². The fraction of sp³-hybridized carbons (Fsp3) is 0.167. The van der Waals surface area contributed by atoms with Gasteiger partial charge in [-0.05, 0) is 42.3 Å². The average Bonchev–Trinajstić information content (AvgIpc) is 2.85. The highest BCUT2D eigenvalue weighted by atomic mass is 35.5. The number of hydrogen-bond acceptors (Lipinski definition) is 2. The van der Waals surface area contributed by atoms with Gasteiger partial charge in [0.05, 0.1) is 6.61 Å². The number of carbonyl (C=O) groups is 1. The van der Waals surface area contributed by atoms with Crippen LogP contribution in [0.15, 0.2) is 48.5 Å². The van der Waals surface area contributed by atoms with Crippen molar-refractivity contribution in [2.24, 2.45) is 7.05 Å². The maximum Gasteiger partial charge on any atom is 0.354 e. The molecule has 1 aromatic heterocycles. The second kappa shape index (κ2) is 5.85. The van der Waals surface area contributed by atoms with Crippen LogP contribution in [-0.4, -0.2) is 17.1 Å². The number of halogens is 1. The quantitative estimate of drug-likeness (QED) is 0.658. The molecule has 0 unspecified atom stereocenters. The lowest BCUT2D eigenvalue weighted by Gasteiger charge is -2.05. The van der Waals surface area contributed by atoms with Crippen LogP contribution in [0.5, 0.6) is 0 Å². The molecule has 0 saturated heterocycles. The second-order valence-corrected chi connectivity index (χ2v) is 5.53. The van der Waals surface area contributed by atoms with Crippen molar-refractivity contribution in [1.82, 2.24) is 4.57 Å². The van der Waals surface area contributed by atoms with Crippen molar-refractivity contribution in [3.63, 3.8) is 0 Å². The molecule has 0 spiro atoms. The van der Waals surface area contributed by atoms with E-state index in [4.69, 9.17) is 16.3 Å². The smallest absolute Gasteiger partial charge is 0.354 e. The third-order valence-corrected chi connectivity index (χ3v) is 3.96. The number of carbonyl (C=O) groups excluding carboxylic acids is 1. The topological polar surface area (TPSA) is 31.2 Å². The van der Waals surface area contributed by atoms with Crippen LogP contribution in [0.1, 0.15) is 17.4 Å². The molecule has 3 rings (SSSR count). The second-order valence-electron chi connectivity index (χ2n) is 5.09. The first-order valence-corrected chi connectivity index (χ1v) is 7.50. The van der Waals surface area contributed by atoms with Gasteiger partial charge >= 0.3 is 5.97 Å². The van der Waals surface area contributed by atoms with E-state index in [9.17, 15) is 4.79 Å². The van der Waals surface area contributed by atoms with Crippen molar-refractivity contribution in [3.8, 4) is 11.1 Å². The van der Waals surface area contributed by atoms with E-state index in [1.54, 1.807) is 6.92 Å². The van der Waals surface area contributed by atoms with Crippen LogP contribution < -0.4 is 0 Å². The van der Waals surface area contributed by atoms with Crippen molar-refractivity contribution in [2.75, 3.05) is 6.61 Å². The van der Waals surface area contributed by atoms with Gasteiger partial charge in [0.2, 0.25) is 0 Å². The summed E-state index contributed by atoms with van der Waals surface area (Å²) < 4.78 is 6.96. The van der Waals surface area contributed by atoms with Gasteiger partial charge in [0.25, 0.3) is 0 Å². The van der Waals surface area contributed by atoms with Gasteiger partial charge in [0, 0.05) is 23.0 Å². The fourth-order valence-corrected chi connectivity index (χ4v) is 2.68. The summed E-state index contributed by atoms with van der Waals surface area (Å²) in [6.45, 7) is 2.18. The Morgan fingerprint density at radius 2 is 1.77 bits per heavy atom. The van der Waals surface area contributed by atoms with Crippen LogP contribution in [-0.2, 0) is 11.8 Å². The number of aryl methyl sites for hydroxylation is 1. The molecule has 0 aliphatic heterocycles. The first-order valence-electron chi connectivity index (χ1n) is 7.12. The van der Waals surface area contributed by atoms with E-state index >= 15 is 0 Å². The van der Waals surface area contributed by atoms with Gasteiger partial charge < -0.3 is 9.30 Å². The normalized spacial score (nSPS) is 10.9. The summed E-state index contributed by atoms with van der Waals surface area (Å²) in [5, 5.41) is 1.73. The molecule has 0 aliphatic carbocycles. The first-order chi connectivity index (χ1) is 10.6. The van der Waals surface area contributed by atoms with E-state index in [-0.39, 0.29) is 5.97 Å². The maximum absolute atomic E-state index is 12.0. The highest BCUT2D eigenvalue weighted by molar-refractivity contribution is 6.30. The molecule has 3 aromatic rings. The maximum atomic E-state index is 12.0. The highest BCUT2D eigenvalue weighted by Crippen LogP contribution is 2.27. The van der Waals surface area contributed by atoms with Gasteiger partial charge in [-0.15, -0.1) is 0 Å². The molecule has 0 bridgehead atoms.